The fraction of sp³-hybridized carbons (Fsp3) is 0.387. The number of carbonyl (C=O) groups is 1. The van der Waals surface area contributed by atoms with Crippen molar-refractivity contribution in [3.05, 3.63) is 69.3 Å². The second-order valence-electron chi connectivity index (χ2n) is 11.1. The molecule has 216 valence electrons. The quantitative estimate of drug-likeness (QED) is 0.299. The topological polar surface area (TPSA) is 103 Å². The van der Waals surface area contributed by atoms with Crippen LogP contribution in [-0.2, 0) is 17.7 Å². The van der Waals surface area contributed by atoms with Crippen LogP contribution in [0.2, 0.25) is 0 Å². The molecule has 0 aliphatic heterocycles. The Hall–Kier alpha value is -4.47. The van der Waals surface area contributed by atoms with Gasteiger partial charge in [0.2, 0.25) is 0 Å². The summed E-state index contributed by atoms with van der Waals surface area (Å²) in [5.41, 5.74) is 3.68. The van der Waals surface area contributed by atoms with Crippen LogP contribution in [0.1, 0.15) is 53.9 Å². The van der Waals surface area contributed by atoms with Crippen LogP contribution in [0.15, 0.2) is 41.3 Å². The number of aromatic nitrogens is 3. The summed E-state index contributed by atoms with van der Waals surface area (Å²) < 4.78 is 30.9. The highest BCUT2D eigenvalue weighted by Gasteiger charge is 2.39. The van der Waals surface area contributed by atoms with Crippen LogP contribution in [0.5, 0.6) is 23.0 Å². The van der Waals surface area contributed by atoms with Crippen LogP contribution in [0, 0.1) is 5.41 Å². The molecule has 41 heavy (non-hydrogen) atoms. The number of rotatable bonds is 7. The summed E-state index contributed by atoms with van der Waals surface area (Å²) in [6.45, 7) is 6.58. The van der Waals surface area contributed by atoms with Crippen molar-refractivity contribution in [2.45, 2.75) is 39.7 Å². The summed E-state index contributed by atoms with van der Waals surface area (Å²) in [6.07, 6.45) is 2.50. The van der Waals surface area contributed by atoms with Crippen LogP contribution in [0.3, 0.4) is 0 Å². The van der Waals surface area contributed by atoms with Gasteiger partial charge in [0.25, 0.3) is 5.56 Å². The van der Waals surface area contributed by atoms with Gasteiger partial charge in [-0.1, -0.05) is 20.8 Å². The predicted octanol–water partition coefficient (Wildman–Crippen LogP) is 4.72. The SMILES string of the molecule is COC(=O)c1cc2c(n(Cc3ccc(OC)cc3OC)c1=O)-c1nc3c(OC)cc(OC)cn3c1CC2C(C)(C)C. The standard InChI is InChI=1S/C31H35N3O7/c1-31(2,3)22-14-23-26(32-28-25(40-7)12-19(38-5)16-33(23)28)27-20(22)13-21(30(36)41-8)29(35)34(27)15-17-9-10-18(37-4)11-24(17)39-6/h9-13,16,22H,14-15H2,1-8H3. The molecule has 4 aromatic rings. The lowest BCUT2D eigenvalue weighted by molar-refractivity contribution is 0.0597. The molecule has 5 rings (SSSR count). The molecule has 0 amide bonds. The van der Waals surface area contributed by atoms with Gasteiger partial charge in [-0.05, 0) is 41.5 Å². The van der Waals surface area contributed by atoms with E-state index in [1.165, 1.54) is 7.11 Å². The van der Waals surface area contributed by atoms with Gasteiger partial charge < -0.3 is 28.3 Å². The third-order valence-corrected chi connectivity index (χ3v) is 7.81. The third-order valence-electron chi connectivity index (χ3n) is 7.81. The average molecular weight is 562 g/mol. The van der Waals surface area contributed by atoms with Crippen molar-refractivity contribution < 1.29 is 28.5 Å². The molecule has 3 aromatic heterocycles. The summed E-state index contributed by atoms with van der Waals surface area (Å²) in [5, 5.41) is 0. The second-order valence-corrected chi connectivity index (χ2v) is 11.1. The molecular weight excluding hydrogens is 526 g/mol. The van der Waals surface area contributed by atoms with Crippen LogP contribution in [0.25, 0.3) is 17.0 Å². The fourth-order valence-electron chi connectivity index (χ4n) is 5.64. The van der Waals surface area contributed by atoms with Crippen LogP contribution >= 0.6 is 0 Å². The molecule has 0 radical (unpaired) electrons. The van der Waals surface area contributed by atoms with E-state index < -0.39 is 11.5 Å². The maximum Gasteiger partial charge on any atom is 0.343 e. The van der Waals surface area contributed by atoms with Crippen molar-refractivity contribution in [2.24, 2.45) is 5.41 Å². The number of fused-ring (bicyclic) bond motifs is 5. The van der Waals surface area contributed by atoms with Gasteiger partial charge in [0, 0.05) is 17.7 Å². The van der Waals surface area contributed by atoms with Crippen molar-refractivity contribution in [1.82, 2.24) is 14.0 Å². The Kier molecular flexibility index (Phi) is 7.19. The maximum atomic E-state index is 14.1. The highest BCUT2D eigenvalue weighted by molar-refractivity contribution is 5.90. The normalized spacial score (nSPS) is 14.3. The van der Waals surface area contributed by atoms with E-state index in [1.54, 1.807) is 51.2 Å². The molecule has 10 nitrogen and oxygen atoms in total. The summed E-state index contributed by atoms with van der Waals surface area (Å²) >= 11 is 0. The number of imidazole rings is 1. The predicted molar refractivity (Wildman–Crippen MR) is 154 cm³/mol. The van der Waals surface area contributed by atoms with E-state index in [2.05, 4.69) is 20.8 Å². The Bertz CT molecular complexity index is 1710. The molecular formula is C31H35N3O7. The molecule has 1 aromatic carbocycles. The maximum absolute atomic E-state index is 14.1. The number of hydrogen-bond acceptors (Lipinski definition) is 8. The smallest absolute Gasteiger partial charge is 0.343 e. The lowest BCUT2D eigenvalue weighted by Crippen LogP contribution is -2.34. The van der Waals surface area contributed by atoms with Crippen molar-refractivity contribution in [3.63, 3.8) is 0 Å². The van der Waals surface area contributed by atoms with Gasteiger partial charge in [0.15, 0.2) is 11.4 Å². The zero-order valence-corrected chi connectivity index (χ0v) is 24.7. The van der Waals surface area contributed by atoms with E-state index in [1.807, 2.05) is 22.7 Å². The average Bonchev–Trinajstić information content (AvgIpc) is 3.34. The molecule has 1 atom stereocenters. The zero-order valence-electron chi connectivity index (χ0n) is 24.7. The Morgan fingerprint density at radius 3 is 2.24 bits per heavy atom. The number of hydrogen-bond donors (Lipinski definition) is 0. The van der Waals surface area contributed by atoms with E-state index in [9.17, 15) is 9.59 Å². The lowest BCUT2D eigenvalue weighted by Gasteiger charge is -2.36. The lowest BCUT2D eigenvalue weighted by atomic mass is 9.70. The summed E-state index contributed by atoms with van der Waals surface area (Å²) in [4.78, 5) is 32.0. The van der Waals surface area contributed by atoms with Gasteiger partial charge in [-0.2, -0.15) is 0 Å². The molecule has 0 spiro atoms. The summed E-state index contributed by atoms with van der Waals surface area (Å²) in [5.74, 6) is 1.60. The number of benzene rings is 1. The zero-order chi connectivity index (χ0) is 29.6. The van der Waals surface area contributed by atoms with Gasteiger partial charge >= 0.3 is 5.97 Å². The first-order valence-electron chi connectivity index (χ1n) is 13.3. The number of ether oxygens (including phenoxy) is 5. The Morgan fingerprint density at radius 1 is 0.951 bits per heavy atom. The minimum absolute atomic E-state index is 0.0283. The Morgan fingerprint density at radius 2 is 1.63 bits per heavy atom. The first-order valence-corrected chi connectivity index (χ1v) is 13.3. The van der Waals surface area contributed by atoms with Gasteiger partial charge in [-0.25, -0.2) is 9.78 Å². The van der Waals surface area contributed by atoms with E-state index >= 15 is 0 Å². The van der Waals surface area contributed by atoms with Gasteiger partial charge in [0.1, 0.15) is 28.5 Å². The van der Waals surface area contributed by atoms with Crippen LogP contribution in [0.4, 0.5) is 0 Å². The summed E-state index contributed by atoms with van der Waals surface area (Å²) in [6, 6.07) is 8.90. The number of nitrogens with zero attached hydrogens (tertiary/aromatic N) is 3. The Labute approximate surface area is 238 Å². The molecule has 0 fully saturated rings. The number of esters is 1. The molecule has 0 bridgehead atoms. The molecule has 10 heteroatoms. The van der Waals surface area contributed by atoms with E-state index in [0.717, 1.165) is 16.8 Å². The van der Waals surface area contributed by atoms with Crippen LogP contribution in [-0.4, -0.2) is 55.5 Å². The molecule has 1 aliphatic carbocycles. The van der Waals surface area contributed by atoms with Gasteiger partial charge in [-0.3, -0.25) is 9.20 Å². The highest BCUT2D eigenvalue weighted by atomic mass is 16.5. The van der Waals surface area contributed by atoms with Crippen molar-refractivity contribution in [1.29, 1.82) is 0 Å². The number of carbonyl (C=O) groups excluding carboxylic acids is 1. The van der Waals surface area contributed by atoms with E-state index in [0.29, 0.717) is 46.5 Å². The minimum Gasteiger partial charge on any atom is -0.497 e. The van der Waals surface area contributed by atoms with E-state index in [4.69, 9.17) is 28.7 Å². The third kappa shape index (κ3) is 4.67. The highest BCUT2D eigenvalue weighted by Crippen LogP contribution is 2.48. The largest absolute Gasteiger partial charge is 0.497 e. The first-order chi connectivity index (χ1) is 19.6. The molecule has 0 saturated carbocycles. The van der Waals surface area contributed by atoms with Crippen molar-refractivity contribution >= 4 is 11.6 Å². The number of pyridine rings is 2. The van der Waals surface area contributed by atoms with Crippen molar-refractivity contribution in [3.8, 4) is 34.4 Å². The minimum atomic E-state index is -0.687. The molecule has 3 heterocycles. The second kappa shape index (κ2) is 10.5. The monoisotopic (exact) mass is 561 g/mol. The molecule has 0 N–H and O–H groups in total. The summed E-state index contributed by atoms with van der Waals surface area (Å²) in [7, 11) is 7.61. The Balaban J connectivity index is 1.89. The number of methoxy groups -OCH3 is 5. The molecule has 1 aliphatic rings. The molecule has 1 unspecified atom stereocenters. The van der Waals surface area contributed by atoms with Gasteiger partial charge in [0.05, 0.1) is 59.7 Å². The van der Waals surface area contributed by atoms with Crippen molar-refractivity contribution in [2.75, 3.05) is 35.5 Å². The fourth-order valence-corrected chi connectivity index (χ4v) is 5.64. The molecule has 0 saturated heterocycles. The van der Waals surface area contributed by atoms with Crippen LogP contribution < -0.4 is 24.5 Å². The van der Waals surface area contributed by atoms with Gasteiger partial charge in [-0.15, -0.1) is 0 Å². The first kappa shape index (κ1) is 28.1. The van der Waals surface area contributed by atoms with E-state index in [-0.39, 0.29) is 23.4 Å².